The smallest absolute Gasteiger partial charge is 0.128 e. The molecule has 0 bridgehead atoms. The van der Waals surface area contributed by atoms with Crippen LogP contribution in [0.1, 0.15) is 5.56 Å². The summed E-state index contributed by atoms with van der Waals surface area (Å²) in [6, 6.07) is 4.92. The van der Waals surface area contributed by atoms with E-state index in [1.165, 1.54) is 17.4 Å². The van der Waals surface area contributed by atoms with Crippen LogP contribution >= 0.6 is 11.3 Å². The molecule has 0 fully saturated rings. The summed E-state index contributed by atoms with van der Waals surface area (Å²) in [6.45, 7) is 0.194. The number of thiazole rings is 1. The van der Waals surface area contributed by atoms with Crippen LogP contribution in [0.2, 0.25) is 0 Å². The summed E-state index contributed by atoms with van der Waals surface area (Å²) in [7, 11) is 0. The highest BCUT2D eigenvalue weighted by Crippen LogP contribution is 2.24. The molecule has 0 saturated carbocycles. The van der Waals surface area contributed by atoms with Crippen LogP contribution in [0, 0.1) is 5.82 Å². The van der Waals surface area contributed by atoms with Gasteiger partial charge in [0.2, 0.25) is 0 Å². The summed E-state index contributed by atoms with van der Waals surface area (Å²) >= 11 is 1.49. The number of benzene rings is 1. The van der Waals surface area contributed by atoms with Gasteiger partial charge in [-0.2, -0.15) is 0 Å². The van der Waals surface area contributed by atoms with E-state index >= 15 is 0 Å². The molecule has 2 N–H and O–H groups in total. The molecule has 1 aromatic carbocycles. The molecule has 0 unspecified atom stereocenters. The number of hydrogen-bond acceptors (Lipinski definition) is 3. The van der Waals surface area contributed by atoms with E-state index in [1.54, 1.807) is 11.6 Å². The lowest BCUT2D eigenvalue weighted by Gasteiger charge is -2.05. The highest BCUT2D eigenvalue weighted by molar-refractivity contribution is 7.07. The van der Waals surface area contributed by atoms with Crippen molar-refractivity contribution in [2.24, 2.45) is 5.73 Å². The topological polar surface area (TPSA) is 38.9 Å². The van der Waals surface area contributed by atoms with Crippen molar-refractivity contribution in [2.45, 2.75) is 6.54 Å². The molecule has 2 aromatic rings. The van der Waals surface area contributed by atoms with Gasteiger partial charge in [0.15, 0.2) is 0 Å². The first-order chi connectivity index (χ1) is 6.83. The quantitative estimate of drug-likeness (QED) is 0.823. The predicted octanol–water partition coefficient (Wildman–Crippen LogP) is 2.41. The van der Waals surface area contributed by atoms with E-state index < -0.39 is 0 Å². The van der Waals surface area contributed by atoms with Gasteiger partial charge in [-0.3, -0.25) is 0 Å². The van der Waals surface area contributed by atoms with Gasteiger partial charge in [-0.25, -0.2) is 9.37 Å². The molecule has 0 aliphatic carbocycles. The van der Waals surface area contributed by atoms with E-state index in [4.69, 9.17) is 5.73 Å². The lowest BCUT2D eigenvalue weighted by molar-refractivity contribution is 0.611. The number of nitrogens with two attached hydrogens (primary N) is 1. The van der Waals surface area contributed by atoms with Crippen molar-refractivity contribution in [1.29, 1.82) is 0 Å². The average Bonchev–Trinajstić information content (AvgIpc) is 2.70. The van der Waals surface area contributed by atoms with Crippen molar-refractivity contribution < 1.29 is 4.39 Å². The van der Waals surface area contributed by atoms with Gasteiger partial charge >= 0.3 is 0 Å². The standard InChI is InChI=1S/C10H9FN2S/c11-9-3-1-2-7(8(9)4-12)10-5-14-6-13-10/h1-3,5-6H,4,12H2. The number of nitrogens with zero attached hydrogens (tertiary/aromatic N) is 1. The maximum atomic E-state index is 13.3. The van der Waals surface area contributed by atoms with E-state index in [1.807, 2.05) is 11.4 Å². The first-order valence-corrected chi connectivity index (χ1v) is 5.13. The highest BCUT2D eigenvalue weighted by atomic mass is 32.1. The van der Waals surface area contributed by atoms with Gasteiger partial charge < -0.3 is 5.73 Å². The summed E-state index contributed by atoms with van der Waals surface area (Å²) in [4.78, 5) is 4.13. The molecule has 1 aromatic heterocycles. The fourth-order valence-corrected chi connectivity index (χ4v) is 1.90. The Kier molecular flexibility index (Phi) is 2.56. The van der Waals surface area contributed by atoms with Crippen molar-refractivity contribution in [1.82, 2.24) is 4.98 Å². The Morgan fingerprint density at radius 3 is 2.93 bits per heavy atom. The van der Waals surface area contributed by atoms with Crippen LogP contribution < -0.4 is 5.73 Å². The molecule has 0 radical (unpaired) electrons. The van der Waals surface area contributed by atoms with Gasteiger partial charge in [-0.05, 0) is 6.07 Å². The molecule has 2 nitrogen and oxygen atoms in total. The maximum absolute atomic E-state index is 13.3. The van der Waals surface area contributed by atoms with Crippen LogP contribution in [-0.4, -0.2) is 4.98 Å². The second kappa shape index (κ2) is 3.86. The molecule has 0 atom stereocenters. The zero-order valence-electron chi connectivity index (χ0n) is 7.40. The summed E-state index contributed by atoms with van der Waals surface area (Å²) in [5.74, 6) is -0.266. The highest BCUT2D eigenvalue weighted by Gasteiger charge is 2.09. The third-order valence-electron chi connectivity index (χ3n) is 2.03. The van der Waals surface area contributed by atoms with Crippen molar-refractivity contribution in [3.05, 3.63) is 40.5 Å². The minimum absolute atomic E-state index is 0.194. The zero-order valence-corrected chi connectivity index (χ0v) is 8.22. The van der Waals surface area contributed by atoms with Crippen LogP contribution in [-0.2, 0) is 6.54 Å². The van der Waals surface area contributed by atoms with E-state index in [-0.39, 0.29) is 12.4 Å². The predicted molar refractivity (Wildman–Crippen MR) is 55.4 cm³/mol. The van der Waals surface area contributed by atoms with Crippen molar-refractivity contribution in [2.75, 3.05) is 0 Å². The number of rotatable bonds is 2. The summed E-state index contributed by atoms with van der Waals surface area (Å²) in [5.41, 5.74) is 9.32. The Balaban J connectivity index is 2.58. The number of aromatic nitrogens is 1. The van der Waals surface area contributed by atoms with Gasteiger partial charge in [0, 0.05) is 23.1 Å². The Labute approximate surface area is 85.2 Å². The van der Waals surface area contributed by atoms with Crippen LogP contribution in [0.5, 0.6) is 0 Å². The van der Waals surface area contributed by atoms with Crippen LogP contribution in [0.15, 0.2) is 29.1 Å². The first kappa shape index (κ1) is 9.30. The van der Waals surface area contributed by atoms with E-state index in [0.717, 1.165) is 11.3 Å². The molecule has 0 amide bonds. The summed E-state index contributed by atoms with van der Waals surface area (Å²) < 4.78 is 13.3. The molecule has 1 heterocycles. The minimum atomic E-state index is -0.266. The van der Waals surface area contributed by atoms with Gasteiger partial charge in [0.1, 0.15) is 5.82 Å². The Morgan fingerprint density at radius 2 is 2.29 bits per heavy atom. The lowest BCUT2D eigenvalue weighted by atomic mass is 10.1. The molecule has 0 aliphatic rings. The lowest BCUT2D eigenvalue weighted by Crippen LogP contribution is -2.02. The van der Waals surface area contributed by atoms with E-state index in [9.17, 15) is 4.39 Å². The van der Waals surface area contributed by atoms with Gasteiger partial charge in [-0.15, -0.1) is 11.3 Å². The van der Waals surface area contributed by atoms with E-state index in [0.29, 0.717) is 5.56 Å². The first-order valence-electron chi connectivity index (χ1n) is 4.19. The largest absolute Gasteiger partial charge is 0.326 e. The molecule has 0 saturated heterocycles. The van der Waals surface area contributed by atoms with Crippen molar-refractivity contribution >= 4 is 11.3 Å². The SMILES string of the molecule is NCc1c(F)cccc1-c1cscn1. The number of halogens is 1. The molecular weight excluding hydrogens is 199 g/mol. The fourth-order valence-electron chi connectivity index (χ4n) is 1.35. The fraction of sp³-hybridized carbons (Fsp3) is 0.100. The molecule has 0 spiro atoms. The third-order valence-corrected chi connectivity index (χ3v) is 2.62. The molecule has 4 heteroatoms. The van der Waals surface area contributed by atoms with Gasteiger partial charge in [0.25, 0.3) is 0 Å². The molecule has 2 rings (SSSR count). The van der Waals surface area contributed by atoms with Crippen molar-refractivity contribution in [3.8, 4) is 11.3 Å². The average molecular weight is 208 g/mol. The van der Waals surface area contributed by atoms with Crippen LogP contribution in [0.4, 0.5) is 4.39 Å². The zero-order chi connectivity index (χ0) is 9.97. The molecule has 0 aliphatic heterocycles. The molecular formula is C10H9FN2S. The normalized spacial score (nSPS) is 10.4. The minimum Gasteiger partial charge on any atom is -0.326 e. The monoisotopic (exact) mass is 208 g/mol. The van der Waals surface area contributed by atoms with E-state index in [2.05, 4.69) is 4.98 Å². The maximum Gasteiger partial charge on any atom is 0.128 e. The van der Waals surface area contributed by atoms with Crippen LogP contribution in [0.3, 0.4) is 0 Å². The molecule has 14 heavy (non-hydrogen) atoms. The Bertz CT molecular complexity index is 426. The second-order valence-corrected chi connectivity index (χ2v) is 3.56. The Morgan fingerprint density at radius 1 is 1.43 bits per heavy atom. The number of hydrogen-bond donors (Lipinski definition) is 1. The summed E-state index contributed by atoms with van der Waals surface area (Å²) in [5, 5.41) is 1.88. The van der Waals surface area contributed by atoms with Crippen LogP contribution in [0.25, 0.3) is 11.3 Å². The third kappa shape index (κ3) is 1.54. The van der Waals surface area contributed by atoms with Gasteiger partial charge in [-0.1, -0.05) is 12.1 Å². The van der Waals surface area contributed by atoms with Gasteiger partial charge in [0.05, 0.1) is 11.2 Å². The summed E-state index contributed by atoms with van der Waals surface area (Å²) in [6.07, 6.45) is 0. The van der Waals surface area contributed by atoms with Crippen molar-refractivity contribution in [3.63, 3.8) is 0 Å². The second-order valence-electron chi connectivity index (χ2n) is 2.84. The molecule has 72 valence electrons. The Hall–Kier alpha value is -1.26.